The molecule has 0 spiro atoms. The number of carbonyl (C=O) groups excluding carboxylic acids is 2. The molecule has 1 aromatic carbocycles. The fourth-order valence-corrected chi connectivity index (χ4v) is 3.97. The second-order valence-corrected chi connectivity index (χ2v) is 7.85. The molecule has 2 aromatic rings. The third-order valence-corrected chi connectivity index (χ3v) is 5.43. The summed E-state index contributed by atoms with van der Waals surface area (Å²) in [6.07, 6.45) is 6.60. The number of aromatic nitrogens is 1. The molecule has 0 aliphatic heterocycles. The van der Waals surface area contributed by atoms with Crippen molar-refractivity contribution in [3.8, 4) is 0 Å². The zero-order valence-corrected chi connectivity index (χ0v) is 16.4. The van der Waals surface area contributed by atoms with E-state index in [1.807, 2.05) is 36.6 Å². The number of benzene rings is 1. The van der Waals surface area contributed by atoms with Crippen LogP contribution in [0.2, 0.25) is 0 Å². The molecule has 1 aliphatic carbocycles. The number of urea groups is 1. The molecule has 1 aromatic heterocycles. The van der Waals surface area contributed by atoms with Crippen molar-refractivity contribution < 1.29 is 9.59 Å². The maximum absolute atomic E-state index is 12.1. The van der Waals surface area contributed by atoms with Crippen molar-refractivity contribution in [3.05, 3.63) is 40.9 Å². The Kier molecular flexibility index (Phi) is 6.81. The molecule has 3 amide bonds. The van der Waals surface area contributed by atoms with Crippen LogP contribution < -0.4 is 16.0 Å². The maximum atomic E-state index is 12.1. The standard InChI is InChI=1S/C20H26N4O2S/c1-14-6-5-9-16(12-14)21-18(25)11-10-17-13-27-20(23-17)24-19(26)22-15-7-3-2-4-8-15/h5-6,9,12-13,15H,2-4,7-8,10-11H2,1H3,(H,21,25)(H2,22,23,24,26). The molecule has 6 nitrogen and oxygen atoms in total. The SMILES string of the molecule is Cc1cccc(NC(=O)CCc2csc(NC(=O)NC3CCCCC3)n2)c1. The highest BCUT2D eigenvalue weighted by Gasteiger charge is 2.16. The summed E-state index contributed by atoms with van der Waals surface area (Å²) in [5.41, 5.74) is 2.72. The van der Waals surface area contributed by atoms with Crippen molar-refractivity contribution in [3.63, 3.8) is 0 Å². The van der Waals surface area contributed by atoms with E-state index in [0.717, 1.165) is 29.8 Å². The van der Waals surface area contributed by atoms with Crippen molar-refractivity contribution in [2.24, 2.45) is 0 Å². The second kappa shape index (κ2) is 9.50. The Labute approximate surface area is 163 Å². The first-order valence-corrected chi connectivity index (χ1v) is 10.3. The van der Waals surface area contributed by atoms with Crippen LogP contribution >= 0.6 is 11.3 Å². The summed E-state index contributed by atoms with van der Waals surface area (Å²) in [7, 11) is 0. The van der Waals surface area contributed by atoms with Gasteiger partial charge in [-0.25, -0.2) is 9.78 Å². The Balaban J connectivity index is 1.42. The first-order chi connectivity index (χ1) is 13.1. The van der Waals surface area contributed by atoms with Crippen LogP contribution in [0.15, 0.2) is 29.6 Å². The Bertz CT molecular complexity index is 784. The highest BCUT2D eigenvalue weighted by molar-refractivity contribution is 7.13. The third kappa shape index (κ3) is 6.36. The van der Waals surface area contributed by atoms with Gasteiger partial charge < -0.3 is 10.6 Å². The molecule has 0 unspecified atom stereocenters. The van der Waals surface area contributed by atoms with Gasteiger partial charge in [0, 0.05) is 23.5 Å². The van der Waals surface area contributed by atoms with Gasteiger partial charge in [-0.15, -0.1) is 11.3 Å². The molecule has 1 aliphatic rings. The van der Waals surface area contributed by atoms with Gasteiger partial charge in [0.1, 0.15) is 0 Å². The first-order valence-electron chi connectivity index (χ1n) is 9.47. The number of anilines is 2. The zero-order chi connectivity index (χ0) is 19.1. The molecule has 0 atom stereocenters. The minimum atomic E-state index is -0.194. The van der Waals surface area contributed by atoms with E-state index in [-0.39, 0.29) is 18.0 Å². The van der Waals surface area contributed by atoms with Crippen molar-refractivity contribution in [2.45, 2.75) is 57.9 Å². The van der Waals surface area contributed by atoms with Crippen LogP contribution in [0.3, 0.4) is 0 Å². The molecule has 0 bridgehead atoms. The zero-order valence-electron chi connectivity index (χ0n) is 15.6. The Morgan fingerprint density at radius 3 is 2.78 bits per heavy atom. The van der Waals surface area contributed by atoms with Crippen LogP contribution in [0.4, 0.5) is 15.6 Å². The Morgan fingerprint density at radius 2 is 2.00 bits per heavy atom. The minimum absolute atomic E-state index is 0.0434. The molecular formula is C20H26N4O2S. The van der Waals surface area contributed by atoms with Gasteiger partial charge in [-0.2, -0.15) is 0 Å². The second-order valence-electron chi connectivity index (χ2n) is 7.00. The van der Waals surface area contributed by atoms with E-state index >= 15 is 0 Å². The van der Waals surface area contributed by atoms with Crippen LogP contribution in [0.1, 0.15) is 49.8 Å². The van der Waals surface area contributed by atoms with Gasteiger partial charge in [-0.3, -0.25) is 10.1 Å². The summed E-state index contributed by atoms with van der Waals surface area (Å²) < 4.78 is 0. The number of hydrogen-bond donors (Lipinski definition) is 3. The van der Waals surface area contributed by atoms with E-state index in [1.54, 1.807) is 0 Å². The predicted molar refractivity (Wildman–Crippen MR) is 109 cm³/mol. The smallest absolute Gasteiger partial charge is 0.321 e. The lowest BCUT2D eigenvalue weighted by Gasteiger charge is -2.22. The number of thiazole rings is 1. The van der Waals surface area contributed by atoms with Crippen molar-refractivity contribution >= 4 is 34.1 Å². The van der Waals surface area contributed by atoms with E-state index in [0.29, 0.717) is 18.0 Å². The molecule has 1 saturated carbocycles. The molecular weight excluding hydrogens is 360 g/mol. The fraction of sp³-hybridized carbons (Fsp3) is 0.450. The van der Waals surface area contributed by atoms with E-state index < -0.39 is 0 Å². The third-order valence-electron chi connectivity index (χ3n) is 4.62. The average Bonchev–Trinajstić information content (AvgIpc) is 3.08. The highest BCUT2D eigenvalue weighted by atomic mass is 32.1. The van der Waals surface area contributed by atoms with Crippen LogP contribution in [-0.4, -0.2) is 23.0 Å². The lowest BCUT2D eigenvalue weighted by molar-refractivity contribution is -0.116. The van der Waals surface area contributed by atoms with Gasteiger partial charge in [0.2, 0.25) is 5.91 Å². The van der Waals surface area contributed by atoms with E-state index in [2.05, 4.69) is 20.9 Å². The normalized spacial score (nSPS) is 14.6. The van der Waals surface area contributed by atoms with Crippen molar-refractivity contribution in [1.82, 2.24) is 10.3 Å². The number of amides is 3. The van der Waals surface area contributed by atoms with Crippen LogP contribution in [0.5, 0.6) is 0 Å². The van der Waals surface area contributed by atoms with Crippen molar-refractivity contribution in [1.29, 1.82) is 0 Å². The average molecular weight is 387 g/mol. The maximum Gasteiger partial charge on any atom is 0.321 e. The Morgan fingerprint density at radius 1 is 1.19 bits per heavy atom. The molecule has 3 N–H and O–H groups in total. The molecule has 0 saturated heterocycles. The van der Waals surface area contributed by atoms with Crippen LogP contribution in [-0.2, 0) is 11.2 Å². The van der Waals surface area contributed by atoms with Gasteiger partial charge in [0.25, 0.3) is 0 Å². The summed E-state index contributed by atoms with van der Waals surface area (Å²) in [6, 6.07) is 7.79. The van der Waals surface area contributed by atoms with E-state index in [1.165, 1.54) is 30.6 Å². The fourth-order valence-electron chi connectivity index (χ4n) is 3.23. The molecule has 7 heteroatoms. The number of rotatable bonds is 6. The quantitative estimate of drug-likeness (QED) is 0.684. The largest absolute Gasteiger partial charge is 0.335 e. The molecule has 1 fully saturated rings. The monoisotopic (exact) mass is 386 g/mol. The lowest BCUT2D eigenvalue weighted by Crippen LogP contribution is -2.38. The molecule has 3 rings (SSSR count). The minimum Gasteiger partial charge on any atom is -0.335 e. The van der Waals surface area contributed by atoms with Crippen LogP contribution in [0.25, 0.3) is 0 Å². The summed E-state index contributed by atoms with van der Waals surface area (Å²) in [6.45, 7) is 1.99. The van der Waals surface area contributed by atoms with Gasteiger partial charge in [-0.05, 0) is 43.9 Å². The number of nitrogens with zero attached hydrogens (tertiary/aromatic N) is 1. The van der Waals surface area contributed by atoms with Gasteiger partial charge in [0.15, 0.2) is 5.13 Å². The topological polar surface area (TPSA) is 83.1 Å². The molecule has 0 radical (unpaired) electrons. The number of aryl methyl sites for hydroxylation is 2. The van der Waals surface area contributed by atoms with Gasteiger partial charge in [0.05, 0.1) is 5.69 Å². The van der Waals surface area contributed by atoms with Gasteiger partial charge in [-0.1, -0.05) is 31.4 Å². The van der Waals surface area contributed by atoms with Gasteiger partial charge >= 0.3 is 6.03 Å². The predicted octanol–water partition coefficient (Wildman–Crippen LogP) is 4.48. The number of carbonyl (C=O) groups is 2. The Hall–Kier alpha value is -2.41. The molecule has 144 valence electrons. The molecule has 1 heterocycles. The summed E-state index contributed by atoms with van der Waals surface area (Å²) in [4.78, 5) is 28.6. The number of nitrogens with one attached hydrogen (secondary N) is 3. The first kappa shape index (κ1) is 19.4. The number of hydrogen-bond acceptors (Lipinski definition) is 4. The van der Waals surface area contributed by atoms with Crippen LogP contribution in [0, 0.1) is 6.92 Å². The van der Waals surface area contributed by atoms with Crippen molar-refractivity contribution in [2.75, 3.05) is 10.6 Å². The molecule has 27 heavy (non-hydrogen) atoms. The summed E-state index contributed by atoms with van der Waals surface area (Å²) in [5.74, 6) is -0.0434. The summed E-state index contributed by atoms with van der Waals surface area (Å²) in [5, 5.41) is 11.2. The highest BCUT2D eigenvalue weighted by Crippen LogP contribution is 2.19. The van der Waals surface area contributed by atoms with E-state index in [9.17, 15) is 9.59 Å². The lowest BCUT2D eigenvalue weighted by atomic mass is 9.96. The van der Waals surface area contributed by atoms with E-state index in [4.69, 9.17) is 0 Å². The summed E-state index contributed by atoms with van der Waals surface area (Å²) >= 11 is 1.38.